The molecule has 3 unspecified atom stereocenters. The summed E-state index contributed by atoms with van der Waals surface area (Å²) in [5.41, 5.74) is 0. The summed E-state index contributed by atoms with van der Waals surface area (Å²) in [6.07, 6.45) is 0.646. The van der Waals surface area contributed by atoms with Crippen molar-refractivity contribution < 1.29 is 14.7 Å². The Balaban J connectivity index is 2.00. The normalized spacial score (nSPS) is 23.1. The molecule has 1 N–H and O–H groups in total. The molecule has 120 valence electrons. The number of hydrogen-bond donors (Lipinski definition) is 1. The van der Waals surface area contributed by atoms with Crippen molar-refractivity contribution >= 4 is 39.6 Å². The number of halogens is 1. The summed E-state index contributed by atoms with van der Waals surface area (Å²) >= 11 is 4.90. The van der Waals surface area contributed by atoms with Gasteiger partial charge in [0.25, 0.3) is 0 Å². The van der Waals surface area contributed by atoms with Gasteiger partial charge < -0.3 is 10.0 Å². The van der Waals surface area contributed by atoms with E-state index in [1.807, 2.05) is 38.1 Å². The fourth-order valence-electron chi connectivity index (χ4n) is 2.74. The van der Waals surface area contributed by atoms with E-state index >= 15 is 0 Å². The van der Waals surface area contributed by atoms with Gasteiger partial charge in [-0.1, -0.05) is 22.9 Å². The van der Waals surface area contributed by atoms with Crippen LogP contribution >= 0.6 is 27.7 Å². The molecule has 0 radical (unpaired) electrons. The van der Waals surface area contributed by atoms with Crippen LogP contribution in [0.3, 0.4) is 0 Å². The highest BCUT2D eigenvalue weighted by Crippen LogP contribution is 2.28. The van der Waals surface area contributed by atoms with Crippen molar-refractivity contribution in [1.29, 1.82) is 0 Å². The first-order valence-corrected chi connectivity index (χ1v) is 8.98. The highest BCUT2D eigenvalue weighted by molar-refractivity contribution is 9.10. The Morgan fingerprint density at radius 2 is 1.95 bits per heavy atom. The molecule has 0 spiro atoms. The van der Waals surface area contributed by atoms with Gasteiger partial charge in [0.1, 0.15) is 0 Å². The standard InChI is InChI=1S/C16H20BrNO3S/c1-10-7-12(16(20)21)9-18(8-10)15(19)11(2)22-14-5-3-13(17)4-6-14/h3-6,10-12H,7-9H2,1-2H3,(H,20,21). The van der Waals surface area contributed by atoms with Crippen LogP contribution < -0.4 is 0 Å². The maximum Gasteiger partial charge on any atom is 0.308 e. The van der Waals surface area contributed by atoms with Gasteiger partial charge >= 0.3 is 5.97 Å². The topological polar surface area (TPSA) is 57.6 Å². The average molecular weight is 386 g/mol. The predicted octanol–water partition coefficient (Wildman–Crippen LogP) is 3.50. The molecule has 1 aromatic carbocycles. The van der Waals surface area contributed by atoms with Gasteiger partial charge in [0.15, 0.2) is 0 Å². The number of likely N-dealkylation sites (tertiary alicyclic amines) is 1. The Hall–Kier alpha value is -1.01. The molecule has 0 aromatic heterocycles. The van der Waals surface area contributed by atoms with Crippen molar-refractivity contribution in [2.45, 2.75) is 30.4 Å². The molecular formula is C16H20BrNO3S. The largest absolute Gasteiger partial charge is 0.481 e. The number of aliphatic carboxylic acids is 1. The molecule has 2 rings (SSSR count). The highest BCUT2D eigenvalue weighted by Gasteiger charge is 2.33. The van der Waals surface area contributed by atoms with Crippen LogP contribution in [-0.2, 0) is 9.59 Å². The summed E-state index contributed by atoms with van der Waals surface area (Å²) in [6.45, 7) is 4.85. The second-order valence-electron chi connectivity index (χ2n) is 5.83. The maximum absolute atomic E-state index is 12.6. The van der Waals surface area contributed by atoms with Gasteiger partial charge in [-0.15, -0.1) is 11.8 Å². The number of carboxylic acids is 1. The number of rotatable bonds is 4. The Morgan fingerprint density at radius 1 is 1.32 bits per heavy atom. The number of benzene rings is 1. The van der Waals surface area contributed by atoms with Crippen molar-refractivity contribution in [2.24, 2.45) is 11.8 Å². The third kappa shape index (κ3) is 4.49. The zero-order chi connectivity index (χ0) is 16.3. The highest BCUT2D eigenvalue weighted by atomic mass is 79.9. The zero-order valence-corrected chi connectivity index (χ0v) is 15.1. The molecule has 0 aliphatic carbocycles. The third-order valence-corrected chi connectivity index (χ3v) is 5.42. The van der Waals surface area contributed by atoms with E-state index in [1.165, 1.54) is 11.8 Å². The lowest BCUT2D eigenvalue weighted by Crippen LogP contribution is -2.48. The molecule has 0 saturated carbocycles. The van der Waals surface area contributed by atoms with Gasteiger partial charge in [-0.3, -0.25) is 9.59 Å². The number of amides is 1. The number of carbonyl (C=O) groups is 2. The van der Waals surface area contributed by atoms with Crippen LogP contribution in [0, 0.1) is 11.8 Å². The van der Waals surface area contributed by atoms with Gasteiger partial charge in [-0.2, -0.15) is 0 Å². The lowest BCUT2D eigenvalue weighted by atomic mass is 9.90. The molecule has 1 aliphatic rings. The first-order chi connectivity index (χ1) is 10.4. The Bertz CT molecular complexity index is 549. The van der Waals surface area contributed by atoms with Gasteiger partial charge in [0.05, 0.1) is 11.2 Å². The summed E-state index contributed by atoms with van der Waals surface area (Å²) in [6, 6.07) is 7.83. The summed E-state index contributed by atoms with van der Waals surface area (Å²) in [5.74, 6) is -1.01. The minimum atomic E-state index is -0.808. The number of carboxylic acid groups (broad SMARTS) is 1. The number of nitrogens with zero attached hydrogens (tertiary/aromatic N) is 1. The van der Waals surface area contributed by atoms with Gasteiger partial charge in [0, 0.05) is 22.5 Å². The number of thioether (sulfide) groups is 1. The molecule has 1 amide bonds. The molecule has 1 fully saturated rings. The summed E-state index contributed by atoms with van der Waals surface area (Å²) in [5, 5.41) is 8.99. The molecule has 1 heterocycles. The quantitative estimate of drug-likeness (QED) is 0.805. The average Bonchev–Trinajstić information content (AvgIpc) is 2.48. The lowest BCUT2D eigenvalue weighted by Gasteiger charge is -2.36. The molecular weight excluding hydrogens is 366 g/mol. The Labute approximate surface area is 143 Å². The molecule has 4 nitrogen and oxygen atoms in total. The van der Waals surface area contributed by atoms with Crippen LogP contribution in [0.1, 0.15) is 20.3 Å². The molecule has 1 aliphatic heterocycles. The molecule has 1 aromatic rings. The van der Waals surface area contributed by atoms with Crippen molar-refractivity contribution in [1.82, 2.24) is 4.90 Å². The smallest absolute Gasteiger partial charge is 0.308 e. The number of piperidine rings is 1. The van der Waals surface area contributed by atoms with Crippen LogP contribution in [0.4, 0.5) is 0 Å². The number of hydrogen-bond acceptors (Lipinski definition) is 3. The van der Waals surface area contributed by atoms with Crippen molar-refractivity contribution in [3.8, 4) is 0 Å². The maximum atomic E-state index is 12.6. The van der Waals surface area contributed by atoms with Crippen LogP contribution in [0.25, 0.3) is 0 Å². The number of carbonyl (C=O) groups excluding carboxylic acids is 1. The Kier molecular flexibility index (Phi) is 5.92. The summed E-state index contributed by atoms with van der Waals surface area (Å²) in [4.78, 5) is 26.5. The van der Waals surface area contributed by atoms with Crippen LogP contribution in [0.2, 0.25) is 0 Å². The van der Waals surface area contributed by atoms with Crippen LogP contribution in [0.15, 0.2) is 33.6 Å². The van der Waals surface area contributed by atoms with Gasteiger partial charge in [0.2, 0.25) is 5.91 Å². The lowest BCUT2D eigenvalue weighted by molar-refractivity contribution is -0.146. The third-order valence-electron chi connectivity index (χ3n) is 3.79. The molecule has 3 atom stereocenters. The molecule has 6 heteroatoms. The minimum Gasteiger partial charge on any atom is -0.481 e. The molecule has 0 bridgehead atoms. The van der Waals surface area contributed by atoms with E-state index in [-0.39, 0.29) is 17.1 Å². The fourth-order valence-corrected chi connectivity index (χ4v) is 3.95. The van der Waals surface area contributed by atoms with Crippen molar-refractivity contribution in [2.75, 3.05) is 13.1 Å². The van der Waals surface area contributed by atoms with E-state index in [1.54, 1.807) is 4.90 Å². The second-order valence-corrected chi connectivity index (χ2v) is 8.16. The van der Waals surface area contributed by atoms with Crippen LogP contribution in [0.5, 0.6) is 0 Å². The van der Waals surface area contributed by atoms with Gasteiger partial charge in [-0.05, 0) is 43.5 Å². The predicted molar refractivity (Wildman–Crippen MR) is 90.9 cm³/mol. The van der Waals surface area contributed by atoms with E-state index < -0.39 is 11.9 Å². The van der Waals surface area contributed by atoms with Gasteiger partial charge in [-0.25, -0.2) is 0 Å². The Morgan fingerprint density at radius 3 is 2.55 bits per heavy atom. The van der Waals surface area contributed by atoms with Crippen LogP contribution in [-0.4, -0.2) is 40.2 Å². The first kappa shape index (κ1) is 17.3. The van der Waals surface area contributed by atoms with E-state index in [4.69, 9.17) is 0 Å². The summed E-state index contributed by atoms with van der Waals surface area (Å²) < 4.78 is 1.00. The SMILES string of the molecule is CC1CC(C(=O)O)CN(C(=O)C(C)Sc2ccc(Br)cc2)C1. The minimum absolute atomic E-state index is 0.0192. The molecule has 22 heavy (non-hydrogen) atoms. The van der Waals surface area contributed by atoms with Crippen molar-refractivity contribution in [3.63, 3.8) is 0 Å². The second kappa shape index (κ2) is 7.51. The van der Waals surface area contributed by atoms with E-state index in [0.717, 1.165) is 9.37 Å². The monoisotopic (exact) mass is 385 g/mol. The molecule has 1 saturated heterocycles. The van der Waals surface area contributed by atoms with E-state index in [9.17, 15) is 14.7 Å². The zero-order valence-electron chi connectivity index (χ0n) is 12.7. The first-order valence-electron chi connectivity index (χ1n) is 7.30. The summed E-state index contributed by atoms with van der Waals surface area (Å²) in [7, 11) is 0. The van der Waals surface area contributed by atoms with Crippen molar-refractivity contribution in [3.05, 3.63) is 28.7 Å². The fraction of sp³-hybridized carbons (Fsp3) is 0.500. The van der Waals surface area contributed by atoms with E-state index in [2.05, 4.69) is 15.9 Å². The van der Waals surface area contributed by atoms with E-state index in [0.29, 0.717) is 19.5 Å².